The molecule has 0 saturated carbocycles. The van der Waals surface area contributed by atoms with Gasteiger partial charge in [0.1, 0.15) is 19.3 Å². The quantitative estimate of drug-likeness (QED) is 0.0169. The molecule has 0 aliphatic rings. The van der Waals surface area contributed by atoms with Crippen LogP contribution in [-0.4, -0.2) is 96.7 Å². The molecule has 0 aliphatic carbocycles. The van der Waals surface area contributed by atoms with Crippen molar-refractivity contribution in [2.45, 2.75) is 329 Å². The molecule has 0 bridgehead atoms. The fraction of sp³-hybridized carbons (Fsp3) is 0.722. The SMILES string of the molecule is CC/C=C\C/C=C\C/C=C\C/C=C\CCCCCCCCC(=O)OCC(COP(=O)(O)OCC(O)COP(=O)(O)OCC(COC(=O)CCCCCCC/C=C\CCCC)OC(=O)CCCCCCC/C=C\CCCC)OC(=O)CCCCCCCCC/C=C\C/C=C\C/C=C\CC. The molecule has 0 aliphatic heterocycles. The smallest absolute Gasteiger partial charge is 0.462 e. The molecule has 5 unspecified atom stereocenters. The van der Waals surface area contributed by atoms with E-state index in [1.807, 2.05) is 0 Å². The number of rotatable bonds is 71. The topological polar surface area (TPSA) is 237 Å². The summed E-state index contributed by atoms with van der Waals surface area (Å²) in [5.41, 5.74) is 0. The second kappa shape index (κ2) is 71.1. The van der Waals surface area contributed by atoms with E-state index in [2.05, 4.69) is 137 Å². The summed E-state index contributed by atoms with van der Waals surface area (Å²) in [6, 6.07) is 0. The number of aliphatic hydroxyl groups is 1. The molecule has 5 atom stereocenters. The van der Waals surface area contributed by atoms with Gasteiger partial charge in [-0.2, -0.15) is 0 Å². The van der Waals surface area contributed by atoms with Crippen LogP contribution in [0.15, 0.2) is 109 Å². The summed E-state index contributed by atoms with van der Waals surface area (Å²) in [4.78, 5) is 72.8. The summed E-state index contributed by atoms with van der Waals surface area (Å²) in [7, 11) is -9.95. The van der Waals surface area contributed by atoms with Crippen molar-refractivity contribution in [3.63, 3.8) is 0 Å². The van der Waals surface area contributed by atoms with Crippen LogP contribution in [0.4, 0.5) is 0 Å². The zero-order chi connectivity index (χ0) is 71.8. The van der Waals surface area contributed by atoms with Crippen molar-refractivity contribution in [1.29, 1.82) is 0 Å². The number of hydrogen-bond acceptors (Lipinski definition) is 15. The summed E-state index contributed by atoms with van der Waals surface area (Å²) in [6.07, 6.45) is 75.1. The third-order valence-electron chi connectivity index (χ3n) is 15.7. The van der Waals surface area contributed by atoms with Gasteiger partial charge in [0.2, 0.25) is 0 Å². The fourth-order valence-corrected chi connectivity index (χ4v) is 11.5. The van der Waals surface area contributed by atoms with Gasteiger partial charge in [-0.3, -0.25) is 37.3 Å². The minimum Gasteiger partial charge on any atom is -0.462 e. The molecule has 3 N–H and O–H groups in total. The molecule has 17 nitrogen and oxygen atoms in total. The first kappa shape index (κ1) is 93.7. The van der Waals surface area contributed by atoms with E-state index in [9.17, 15) is 43.2 Å². The van der Waals surface area contributed by atoms with E-state index in [4.69, 9.17) is 37.0 Å². The van der Waals surface area contributed by atoms with Crippen molar-refractivity contribution in [1.82, 2.24) is 0 Å². The Kier molecular flexibility index (Phi) is 68.0. The van der Waals surface area contributed by atoms with Crippen LogP contribution in [0.3, 0.4) is 0 Å². The molecule has 0 aromatic carbocycles. The molecule has 0 heterocycles. The molecule has 564 valence electrons. The zero-order valence-electron chi connectivity index (χ0n) is 61.4. The molecule has 0 saturated heterocycles. The largest absolute Gasteiger partial charge is 0.472 e. The Labute approximate surface area is 594 Å². The molecular formula is C79H136O17P2. The highest BCUT2D eigenvalue weighted by atomic mass is 31.2. The number of phosphoric acid groups is 2. The van der Waals surface area contributed by atoms with Gasteiger partial charge in [-0.15, -0.1) is 0 Å². The van der Waals surface area contributed by atoms with E-state index in [1.165, 1.54) is 25.7 Å². The lowest BCUT2D eigenvalue weighted by Gasteiger charge is -2.21. The lowest BCUT2D eigenvalue weighted by Crippen LogP contribution is -2.30. The van der Waals surface area contributed by atoms with Crippen molar-refractivity contribution in [2.24, 2.45) is 0 Å². The summed E-state index contributed by atoms with van der Waals surface area (Å²) in [5.74, 6) is -2.21. The van der Waals surface area contributed by atoms with Crippen molar-refractivity contribution in [2.75, 3.05) is 39.6 Å². The molecular weight excluding hydrogens is 1280 g/mol. The molecule has 98 heavy (non-hydrogen) atoms. The molecule has 0 aromatic rings. The zero-order valence-corrected chi connectivity index (χ0v) is 63.2. The van der Waals surface area contributed by atoms with Gasteiger partial charge in [0.25, 0.3) is 0 Å². The van der Waals surface area contributed by atoms with Gasteiger partial charge >= 0.3 is 39.5 Å². The monoisotopic (exact) mass is 1420 g/mol. The predicted octanol–water partition coefficient (Wildman–Crippen LogP) is 21.8. The van der Waals surface area contributed by atoms with Crippen LogP contribution in [0.2, 0.25) is 0 Å². The number of allylic oxidation sites excluding steroid dienone is 18. The summed E-state index contributed by atoms with van der Waals surface area (Å²) >= 11 is 0. The predicted molar refractivity (Wildman–Crippen MR) is 399 cm³/mol. The normalized spacial score (nSPS) is 14.6. The average Bonchev–Trinajstić information content (AvgIpc) is 0.979. The molecule has 0 fully saturated rings. The van der Waals surface area contributed by atoms with Crippen molar-refractivity contribution in [3.05, 3.63) is 109 Å². The Morgan fingerprint density at radius 2 is 0.531 bits per heavy atom. The third kappa shape index (κ3) is 70.2. The first-order valence-corrected chi connectivity index (χ1v) is 41.1. The highest BCUT2D eigenvalue weighted by molar-refractivity contribution is 7.47. The maximum atomic E-state index is 13.1. The van der Waals surface area contributed by atoms with E-state index in [1.54, 1.807) is 0 Å². The number of carbonyl (C=O) groups is 4. The van der Waals surface area contributed by atoms with Crippen LogP contribution >= 0.6 is 15.6 Å². The van der Waals surface area contributed by atoms with Gasteiger partial charge in [-0.25, -0.2) is 9.13 Å². The Bertz CT molecular complexity index is 2290. The number of aliphatic hydroxyl groups excluding tert-OH is 1. The van der Waals surface area contributed by atoms with Crippen molar-refractivity contribution in [3.8, 4) is 0 Å². The molecule has 0 amide bonds. The Morgan fingerprint density at radius 3 is 0.827 bits per heavy atom. The summed E-state index contributed by atoms with van der Waals surface area (Å²) < 4.78 is 68.4. The van der Waals surface area contributed by atoms with Crippen LogP contribution < -0.4 is 0 Å². The molecule has 0 spiro atoms. The van der Waals surface area contributed by atoms with Gasteiger partial charge in [0.05, 0.1) is 26.4 Å². The maximum absolute atomic E-state index is 13.1. The fourth-order valence-electron chi connectivity index (χ4n) is 9.89. The lowest BCUT2D eigenvalue weighted by atomic mass is 10.1. The number of ether oxygens (including phenoxy) is 4. The number of unbranched alkanes of at least 4 members (excludes halogenated alkanes) is 27. The number of hydrogen-bond donors (Lipinski definition) is 3. The van der Waals surface area contributed by atoms with Crippen LogP contribution in [0.1, 0.15) is 310 Å². The Hall–Kier alpha value is -4.28. The van der Waals surface area contributed by atoms with Gasteiger partial charge in [-0.05, 0) is 135 Å². The van der Waals surface area contributed by atoms with Gasteiger partial charge in [0.15, 0.2) is 12.2 Å². The third-order valence-corrected chi connectivity index (χ3v) is 17.6. The second-order valence-corrected chi connectivity index (χ2v) is 28.1. The minimum absolute atomic E-state index is 0.0788. The van der Waals surface area contributed by atoms with Crippen LogP contribution in [0, 0.1) is 0 Å². The Morgan fingerprint density at radius 1 is 0.296 bits per heavy atom. The van der Waals surface area contributed by atoms with Crippen molar-refractivity contribution < 1.29 is 80.2 Å². The van der Waals surface area contributed by atoms with E-state index in [0.717, 1.165) is 205 Å². The standard InChI is InChI=1S/C79H136O17P2/c1-5-9-13-17-21-25-29-31-33-35-36-38-39-41-45-48-52-56-60-64-77(82)90-70-75(96-79(84)66-62-58-54-50-46-42-40-37-34-32-30-26-22-18-14-10-6-2)72-94-98(87,88)92-68-73(80)67-91-97(85,86)93-71-74(95-78(83)65-61-57-53-49-44-28-24-20-16-12-8-4)69-89-76(81)63-59-55-51-47-43-27-23-19-15-11-7-3/h9-10,13-14,19-26,31-34,36,38,73-75,80H,5-8,11-12,15-18,27-30,35,37,39-72H2,1-4H3,(H,85,86)(H,87,88)/b13-9-,14-10-,23-19-,24-20-,25-21-,26-22-,33-31-,34-32-,38-36-. The molecule has 0 rings (SSSR count). The second-order valence-electron chi connectivity index (χ2n) is 25.2. The molecule has 0 aromatic heterocycles. The summed E-state index contributed by atoms with van der Waals surface area (Å²) in [6.45, 7) is 4.53. The van der Waals surface area contributed by atoms with E-state index < -0.39 is 97.5 Å². The number of carbonyl (C=O) groups excluding carboxylic acids is 4. The summed E-state index contributed by atoms with van der Waals surface area (Å²) in [5, 5.41) is 10.6. The maximum Gasteiger partial charge on any atom is 0.472 e. The minimum atomic E-state index is -4.98. The van der Waals surface area contributed by atoms with E-state index in [-0.39, 0.29) is 25.7 Å². The molecule has 0 radical (unpaired) electrons. The highest BCUT2D eigenvalue weighted by Gasteiger charge is 2.30. The van der Waals surface area contributed by atoms with Crippen LogP contribution in [0.5, 0.6) is 0 Å². The van der Waals surface area contributed by atoms with Gasteiger partial charge in [-0.1, -0.05) is 259 Å². The lowest BCUT2D eigenvalue weighted by molar-refractivity contribution is -0.161. The van der Waals surface area contributed by atoms with Gasteiger partial charge < -0.3 is 33.8 Å². The van der Waals surface area contributed by atoms with Gasteiger partial charge in [0, 0.05) is 25.7 Å². The average molecular weight is 1420 g/mol. The first-order chi connectivity index (χ1) is 47.7. The van der Waals surface area contributed by atoms with E-state index >= 15 is 0 Å². The number of esters is 4. The van der Waals surface area contributed by atoms with Crippen LogP contribution in [-0.2, 0) is 65.4 Å². The first-order valence-electron chi connectivity index (χ1n) is 38.1. The van der Waals surface area contributed by atoms with Crippen molar-refractivity contribution >= 4 is 39.5 Å². The molecule has 19 heteroatoms. The number of phosphoric ester groups is 2. The van der Waals surface area contributed by atoms with E-state index in [0.29, 0.717) is 25.7 Å². The Balaban J connectivity index is 5.34. The van der Waals surface area contributed by atoms with Crippen LogP contribution in [0.25, 0.3) is 0 Å². The highest BCUT2D eigenvalue weighted by Crippen LogP contribution is 2.45.